The number of imidazole rings is 1. The van der Waals surface area contributed by atoms with Gasteiger partial charge in [0.25, 0.3) is 5.91 Å². The number of fused-ring (bicyclic) bond motifs is 1. The van der Waals surface area contributed by atoms with Crippen molar-refractivity contribution in [3.8, 4) is 11.1 Å². The third kappa shape index (κ3) is 4.39. The van der Waals surface area contributed by atoms with Gasteiger partial charge in [0.1, 0.15) is 5.82 Å². The van der Waals surface area contributed by atoms with Crippen molar-refractivity contribution >= 4 is 16.8 Å². The lowest BCUT2D eigenvalue weighted by atomic mass is 9.99. The predicted molar refractivity (Wildman–Crippen MR) is 130 cm³/mol. The largest absolute Gasteiger partial charge is 0.337 e. The Kier molecular flexibility index (Phi) is 5.68. The fourth-order valence-corrected chi connectivity index (χ4v) is 4.07. The minimum absolute atomic E-state index is 0.0355. The second-order valence-electron chi connectivity index (χ2n) is 8.05. The highest BCUT2D eigenvalue weighted by atomic mass is 16.2. The van der Waals surface area contributed by atoms with Crippen LogP contribution in [-0.2, 0) is 20.1 Å². The van der Waals surface area contributed by atoms with Crippen LogP contribution in [0.3, 0.4) is 0 Å². The molecule has 0 atom stereocenters. The normalized spacial score (nSPS) is 10.9. The van der Waals surface area contributed by atoms with Crippen molar-refractivity contribution in [1.82, 2.24) is 19.4 Å². The molecule has 162 valence electrons. The average molecular weight is 433 g/mol. The van der Waals surface area contributed by atoms with Crippen molar-refractivity contribution < 1.29 is 4.79 Å². The minimum atomic E-state index is -0.0355. The van der Waals surface area contributed by atoms with E-state index in [9.17, 15) is 4.79 Å². The van der Waals surface area contributed by atoms with Crippen LogP contribution in [0.2, 0.25) is 0 Å². The maximum Gasteiger partial charge on any atom is 0.254 e. The molecule has 0 aliphatic heterocycles. The van der Waals surface area contributed by atoms with Gasteiger partial charge in [0.15, 0.2) is 0 Å². The van der Waals surface area contributed by atoms with E-state index in [0.29, 0.717) is 18.7 Å². The first-order valence-corrected chi connectivity index (χ1v) is 10.9. The number of benzene rings is 3. The van der Waals surface area contributed by atoms with E-state index in [2.05, 4.69) is 34.2 Å². The number of carbonyl (C=O) groups excluding carboxylic acids is 1. The molecular formula is C28H24N4O. The van der Waals surface area contributed by atoms with Gasteiger partial charge in [-0.05, 0) is 41.0 Å². The van der Waals surface area contributed by atoms with Crippen molar-refractivity contribution in [3.05, 3.63) is 120 Å². The van der Waals surface area contributed by atoms with Crippen LogP contribution >= 0.6 is 0 Å². The number of carbonyl (C=O) groups is 1. The third-order valence-electron chi connectivity index (χ3n) is 5.85. The topological polar surface area (TPSA) is 51.0 Å². The zero-order chi connectivity index (χ0) is 22.6. The molecule has 2 heterocycles. The molecule has 1 amide bonds. The average Bonchev–Trinajstić information content (AvgIpc) is 3.28. The van der Waals surface area contributed by atoms with Crippen LogP contribution in [-0.4, -0.2) is 25.3 Å². The van der Waals surface area contributed by atoms with E-state index in [1.807, 2.05) is 83.4 Å². The van der Waals surface area contributed by atoms with Crippen LogP contribution in [0, 0.1) is 0 Å². The Labute approximate surface area is 193 Å². The zero-order valence-electron chi connectivity index (χ0n) is 18.4. The standard InChI is InChI=1S/C28H24N4O/c1-31-17-16-30-27(31)20-32(28(33)23-13-14-26-22(18-23)11-7-15-29-26)19-24-10-5-6-12-25(24)21-8-3-2-4-9-21/h2-18H,19-20H2,1H3. The number of hydrogen-bond donors (Lipinski definition) is 0. The van der Waals surface area contributed by atoms with Crippen LogP contribution in [0.5, 0.6) is 0 Å². The summed E-state index contributed by atoms with van der Waals surface area (Å²) < 4.78 is 1.95. The summed E-state index contributed by atoms with van der Waals surface area (Å²) in [4.78, 5) is 24.4. The monoisotopic (exact) mass is 432 g/mol. The molecule has 5 nitrogen and oxygen atoms in total. The van der Waals surface area contributed by atoms with Crippen molar-refractivity contribution in [1.29, 1.82) is 0 Å². The lowest BCUT2D eigenvalue weighted by Crippen LogP contribution is -2.31. The summed E-state index contributed by atoms with van der Waals surface area (Å²) in [6.07, 6.45) is 5.42. The van der Waals surface area contributed by atoms with E-state index >= 15 is 0 Å². The Bertz CT molecular complexity index is 1410. The molecule has 0 aliphatic carbocycles. The molecule has 3 aromatic carbocycles. The summed E-state index contributed by atoms with van der Waals surface area (Å²) in [5, 5.41) is 0.949. The van der Waals surface area contributed by atoms with Gasteiger partial charge < -0.3 is 9.47 Å². The van der Waals surface area contributed by atoms with Crippen LogP contribution in [0.4, 0.5) is 0 Å². The number of hydrogen-bond acceptors (Lipinski definition) is 3. The highest BCUT2D eigenvalue weighted by molar-refractivity contribution is 5.98. The Balaban J connectivity index is 1.53. The molecule has 0 aliphatic rings. The molecule has 0 saturated carbocycles. The summed E-state index contributed by atoms with van der Waals surface area (Å²) in [6.45, 7) is 0.887. The first kappa shape index (κ1) is 20.6. The van der Waals surface area contributed by atoms with Gasteiger partial charge in [-0.2, -0.15) is 0 Å². The van der Waals surface area contributed by atoms with E-state index in [4.69, 9.17) is 0 Å². The molecule has 5 aromatic rings. The van der Waals surface area contributed by atoms with Crippen molar-refractivity contribution in [2.45, 2.75) is 13.1 Å². The van der Waals surface area contributed by atoms with Crippen molar-refractivity contribution in [3.63, 3.8) is 0 Å². The Morgan fingerprint density at radius 1 is 0.848 bits per heavy atom. The first-order valence-electron chi connectivity index (χ1n) is 10.9. The zero-order valence-corrected chi connectivity index (χ0v) is 18.4. The molecule has 0 saturated heterocycles. The minimum Gasteiger partial charge on any atom is -0.337 e. The van der Waals surface area contributed by atoms with Gasteiger partial charge in [0.05, 0.1) is 12.1 Å². The second-order valence-corrected chi connectivity index (χ2v) is 8.05. The summed E-state index contributed by atoms with van der Waals surface area (Å²) in [6, 6.07) is 28.1. The number of rotatable bonds is 6. The van der Waals surface area contributed by atoms with Crippen LogP contribution in [0.1, 0.15) is 21.7 Å². The van der Waals surface area contributed by atoms with Crippen molar-refractivity contribution in [2.24, 2.45) is 7.05 Å². The van der Waals surface area contributed by atoms with Gasteiger partial charge in [-0.1, -0.05) is 60.7 Å². The Morgan fingerprint density at radius 3 is 2.48 bits per heavy atom. The smallest absolute Gasteiger partial charge is 0.254 e. The highest BCUT2D eigenvalue weighted by Gasteiger charge is 2.20. The molecule has 33 heavy (non-hydrogen) atoms. The van der Waals surface area contributed by atoms with E-state index < -0.39 is 0 Å². The predicted octanol–water partition coefficient (Wildman–Crippen LogP) is 5.48. The molecule has 0 unspecified atom stereocenters. The number of amides is 1. The van der Waals surface area contributed by atoms with Gasteiger partial charge in [0.2, 0.25) is 0 Å². The third-order valence-corrected chi connectivity index (χ3v) is 5.85. The van der Waals surface area contributed by atoms with Crippen LogP contribution < -0.4 is 0 Å². The highest BCUT2D eigenvalue weighted by Crippen LogP contribution is 2.26. The van der Waals surface area contributed by atoms with Crippen molar-refractivity contribution in [2.75, 3.05) is 0 Å². The van der Waals surface area contributed by atoms with Gasteiger partial charge in [-0.3, -0.25) is 9.78 Å². The van der Waals surface area contributed by atoms with Gasteiger partial charge in [-0.15, -0.1) is 0 Å². The Morgan fingerprint density at radius 2 is 1.67 bits per heavy atom. The van der Waals surface area contributed by atoms with E-state index in [-0.39, 0.29) is 5.91 Å². The van der Waals surface area contributed by atoms with Crippen LogP contribution in [0.15, 0.2) is 104 Å². The second kappa shape index (κ2) is 9.09. The number of aryl methyl sites for hydroxylation is 1. The molecule has 0 bridgehead atoms. The molecular weight excluding hydrogens is 408 g/mol. The van der Waals surface area contributed by atoms with E-state index in [1.165, 1.54) is 0 Å². The molecule has 0 spiro atoms. The first-order chi connectivity index (χ1) is 16.2. The molecule has 5 heteroatoms. The lowest BCUT2D eigenvalue weighted by molar-refractivity contribution is 0.0724. The van der Waals surface area contributed by atoms with Crippen LogP contribution in [0.25, 0.3) is 22.0 Å². The molecule has 0 radical (unpaired) electrons. The number of aromatic nitrogens is 3. The maximum absolute atomic E-state index is 13.7. The quantitative estimate of drug-likeness (QED) is 0.357. The lowest BCUT2D eigenvalue weighted by Gasteiger charge is -2.24. The van der Waals surface area contributed by atoms with Gasteiger partial charge in [0, 0.05) is 43.1 Å². The van der Waals surface area contributed by atoms with Gasteiger partial charge >= 0.3 is 0 Å². The fraction of sp³-hybridized carbons (Fsp3) is 0.107. The Hall–Kier alpha value is -4.25. The summed E-state index contributed by atoms with van der Waals surface area (Å²) in [5.74, 6) is 0.801. The SMILES string of the molecule is Cn1ccnc1CN(Cc1ccccc1-c1ccccc1)C(=O)c1ccc2ncccc2c1. The fourth-order valence-electron chi connectivity index (χ4n) is 4.07. The molecule has 2 aromatic heterocycles. The van der Waals surface area contributed by atoms with Gasteiger partial charge in [-0.25, -0.2) is 4.98 Å². The van der Waals surface area contributed by atoms with E-state index in [1.54, 1.807) is 12.4 Å². The number of nitrogens with zero attached hydrogens (tertiary/aromatic N) is 4. The molecule has 5 rings (SSSR count). The summed E-state index contributed by atoms with van der Waals surface area (Å²) >= 11 is 0. The number of pyridine rings is 1. The van der Waals surface area contributed by atoms with E-state index in [0.717, 1.165) is 33.4 Å². The summed E-state index contributed by atoms with van der Waals surface area (Å²) in [7, 11) is 1.95. The molecule has 0 N–H and O–H groups in total. The molecule has 0 fully saturated rings. The summed E-state index contributed by atoms with van der Waals surface area (Å²) in [5.41, 5.74) is 4.86. The maximum atomic E-state index is 13.7.